The number of fused-ring (bicyclic) bond motifs is 1. The molecule has 1 aliphatic heterocycles. The van der Waals surface area contributed by atoms with Gasteiger partial charge in [0.05, 0.1) is 6.61 Å². The highest BCUT2D eigenvalue weighted by Gasteiger charge is 2.18. The molecule has 2 heterocycles. The highest BCUT2D eigenvalue weighted by atomic mass is 32.1. The Morgan fingerprint density at radius 3 is 2.71 bits per heavy atom. The van der Waals surface area contributed by atoms with Crippen molar-refractivity contribution in [3.63, 3.8) is 0 Å². The Bertz CT molecular complexity index is 1050. The number of nitrogens with zero attached hydrogens (tertiary/aromatic N) is 1. The average Bonchev–Trinajstić information content (AvgIpc) is 3.19. The molecule has 31 heavy (non-hydrogen) atoms. The number of carbonyl (C=O) groups excluding carboxylic acids is 1. The van der Waals surface area contributed by atoms with Crippen LogP contribution in [-0.2, 0) is 0 Å². The normalized spacial score (nSPS) is 15.0. The van der Waals surface area contributed by atoms with E-state index < -0.39 is 0 Å². The van der Waals surface area contributed by atoms with Crippen LogP contribution in [0.15, 0.2) is 52.9 Å². The van der Waals surface area contributed by atoms with Crippen LogP contribution in [0.1, 0.15) is 29.0 Å². The monoisotopic (exact) mass is 437 g/mol. The van der Waals surface area contributed by atoms with E-state index in [4.69, 9.17) is 21.4 Å². The van der Waals surface area contributed by atoms with Crippen LogP contribution in [-0.4, -0.2) is 42.7 Å². The Labute approximate surface area is 187 Å². The number of nitrogens with one attached hydrogen (secondary N) is 2. The molecule has 1 saturated heterocycles. The van der Waals surface area contributed by atoms with Gasteiger partial charge >= 0.3 is 0 Å². The third-order valence-electron chi connectivity index (χ3n) is 5.62. The van der Waals surface area contributed by atoms with Gasteiger partial charge in [-0.15, -0.1) is 0 Å². The lowest BCUT2D eigenvalue weighted by atomic mass is 9.98. The van der Waals surface area contributed by atoms with Crippen LogP contribution in [0, 0.1) is 12.8 Å². The molecule has 0 radical (unpaired) electrons. The summed E-state index contributed by atoms with van der Waals surface area (Å²) in [6.45, 7) is 5.01. The number of para-hydroxylation sites is 1. The van der Waals surface area contributed by atoms with E-state index in [1.807, 2.05) is 49.4 Å². The van der Waals surface area contributed by atoms with Crippen LogP contribution in [0.4, 0.5) is 5.69 Å². The van der Waals surface area contributed by atoms with Crippen LogP contribution < -0.4 is 15.4 Å². The molecule has 3 aromatic rings. The lowest BCUT2D eigenvalue weighted by Crippen LogP contribution is -2.33. The Hall–Kier alpha value is -2.90. The Balaban J connectivity index is 1.30. The van der Waals surface area contributed by atoms with Gasteiger partial charge < -0.3 is 19.4 Å². The third-order valence-corrected chi connectivity index (χ3v) is 5.83. The first-order chi connectivity index (χ1) is 15.0. The second kappa shape index (κ2) is 9.49. The van der Waals surface area contributed by atoms with E-state index >= 15 is 0 Å². The molecular weight excluding hydrogens is 410 g/mol. The summed E-state index contributed by atoms with van der Waals surface area (Å²) in [6.07, 6.45) is 2.35. The molecule has 2 aromatic carbocycles. The first kappa shape index (κ1) is 21.3. The molecule has 0 spiro atoms. The van der Waals surface area contributed by atoms with Crippen LogP contribution >= 0.6 is 12.2 Å². The van der Waals surface area contributed by atoms with Crippen molar-refractivity contribution >= 4 is 39.9 Å². The van der Waals surface area contributed by atoms with Crippen LogP contribution in [0.3, 0.4) is 0 Å². The Morgan fingerprint density at radius 2 is 1.97 bits per heavy atom. The van der Waals surface area contributed by atoms with Crippen LogP contribution in [0.5, 0.6) is 5.75 Å². The second-order valence-corrected chi connectivity index (χ2v) is 8.50. The Kier molecular flexibility index (Phi) is 6.53. The summed E-state index contributed by atoms with van der Waals surface area (Å²) in [4.78, 5) is 14.8. The van der Waals surface area contributed by atoms with E-state index in [0.29, 0.717) is 11.5 Å². The molecule has 0 aliphatic carbocycles. The zero-order valence-electron chi connectivity index (χ0n) is 17.8. The molecule has 2 N–H and O–H groups in total. The van der Waals surface area contributed by atoms with Crippen molar-refractivity contribution in [2.75, 3.05) is 32.1 Å². The number of benzene rings is 2. The fourth-order valence-electron chi connectivity index (χ4n) is 3.75. The van der Waals surface area contributed by atoms with Gasteiger partial charge in [-0.1, -0.05) is 18.2 Å². The molecule has 1 amide bonds. The quantitative estimate of drug-likeness (QED) is 0.569. The van der Waals surface area contributed by atoms with Crippen molar-refractivity contribution < 1.29 is 13.9 Å². The summed E-state index contributed by atoms with van der Waals surface area (Å²) < 4.78 is 11.6. The summed E-state index contributed by atoms with van der Waals surface area (Å²) in [7, 11) is 2.16. The highest BCUT2D eigenvalue weighted by Crippen LogP contribution is 2.24. The van der Waals surface area contributed by atoms with Crippen LogP contribution in [0.2, 0.25) is 0 Å². The van der Waals surface area contributed by atoms with E-state index in [0.717, 1.165) is 42.1 Å². The summed E-state index contributed by atoms with van der Waals surface area (Å²) in [6, 6.07) is 15.0. The molecule has 7 heteroatoms. The number of likely N-dealkylation sites (tertiary alicyclic amines) is 1. The first-order valence-corrected chi connectivity index (χ1v) is 10.9. The minimum Gasteiger partial charge on any atom is -0.493 e. The maximum atomic E-state index is 12.4. The molecule has 0 unspecified atom stereocenters. The number of hydrogen-bond donors (Lipinski definition) is 2. The molecular formula is C24H27N3O3S. The number of furan rings is 1. The largest absolute Gasteiger partial charge is 0.493 e. The van der Waals surface area contributed by atoms with Crippen molar-refractivity contribution in [3.8, 4) is 5.75 Å². The molecule has 1 aromatic heterocycles. The molecule has 6 nitrogen and oxygen atoms in total. The number of carbonyl (C=O) groups is 1. The van der Waals surface area contributed by atoms with E-state index in [1.165, 1.54) is 12.8 Å². The van der Waals surface area contributed by atoms with Crippen molar-refractivity contribution in [1.82, 2.24) is 10.2 Å². The van der Waals surface area contributed by atoms with Crippen molar-refractivity contribution in [2.24, 2.45) is 5.92 Å². The van der Waals surface area contributed by atoms with E-state index in [-0.39, 0.29) is 16.8 Å². The van der Waals surface area contributed by atoms with E-state index in [9.17, 15) is 4.79 Å². The minimum absolute atomic E-state index is 0.213. The second-order valence-electron chi connectivity index (χ2n) is 8.09. The van der Waals surface area contributed by atoms with E-state index in [1.54, 1.807) is 6.07 Å². The summed E-state index contributed by atoms with van der Waals surface area (Å²) in [5.74, 6) is 1.32. The molecule has 0 bridgehead atoms. The van der Waals surface area contributed by atoms with Gasteiger partial charge in [0.15, 0.2) is 10.9 Å². The van der Waals surface area contributed by atoms with Crippen molar-refractivity contribution in [3.05, 3.63) is 59.9 Å². The maximum Gasteiger partial charge on any atom is 0.293 e. The lowest BCUT2D eigenvalue weighted by Gasteiger charge is -2.28. The number of thiocarbonyl (C=S) groups is 1. The van der Waals surface area contributed by atoms with Gasteiger partial charge in [0.1, 0.15) is 11.3 Å². The van der Waals surface area contributed by atoms with Crippen molar-refractivity contribution in [2.45, 2.75) is 19.8 Å². The average molecular weight is 438 g/mol. The summed E-state index contributed by atoms with van der Waals surface area (Å²) >= 11 is 5.30. The minimum atomic E-state index is -0.386. The van der Waals surface area contributed by atoms with Crippen LogP contribution in [0.25, 0.3) is 11.0 Å². The summed E-state index contributed by atoms with van der Waals surface area (Å²) in [5.41, 5.74) is 2.47. The predicted octanol–water partition coefficient (Wildman–Crippen LogP) is 4.59. The SMILES string of the molecule is Cc1cc(NC(=S)NC(=O)c2cc3ccccc3o2)ccc1OCC1CCN(C)CC1. The first-order valence-electron chi connectivity index (χ1n) is 10.5. The topological polar surface area (TPSA) is 66.7 Å². The number of amides is 1. The molecule has 1 fully saturated rings. The molecule has 1 aliphatic rings. The lowest BCUT2D eigenvalue weighted by molar-refractivity contribution is 0.0953. The standard InChI is InChI=1S/C24H27N3O3S/c1-16-13-19(7-8-20(16)29-15-17-9-11-27(2)12-10-17)25-24(31)26-23(28)22-14-18-5-3-4-6-21(18)30-22/h3-8,13-14,17H,9-12,15H2,1-2H3,(H2,25,26,28,31). The van der Waals surface area contributed by atoms with Gasteiger partial charge in [0.2, 0.25) is 0 Å². The van der Waals surface area contributed by atoms with Gasteiger partial charge in [-0.25, -0.2) is 0 Å². The van der Waals surface area contributed by atoms with Gasteiger partial charge in [0.25, 0.3) is 5.91 Å². The number of piperidine rings is 1. The number of rotatable bonds is 5. The number of ether oxygens (including phenoxy) is 1. The van der Waals surface area contributed by atoms with Gasteiger partial charge in [-0.2, -0.15) is 0 Å². The number of anilines is 1. The predicted molar refractivity (Wildman–Crippen MR) is 127 cm³/mol. The zero-order chi connectivity index (χ0) is 21.8. The Morgan fingerprint density at radius 1 is 1.19 bits per heavy atom. The van der Waals surface area contributed by atoms with Gasteiger partial charge in [-0.05, 0) is 93.9 Å². The fourth-order valence-corrected chi connectivity index (χ4v) is 3.96. The van der Waals surface area contributed by atoms with E-state index in [2.05, 4.69) is 22.6 Å². The summed E-state index contributed by atoms with van der Waals surface area (Å²) in [5, 5.41) is 6.80. The highest BCUT2D eigenvalue weighted by molar-refractivity contribution is 7.80. The number of hydrogen-bond acceptors (Lipinski definition) is 5. The number of aryl methyl sites for hydroxylation is 1. The third kappa shape index (κ3) is 5.42. The van der Waals surface area contributed by atoms with Crippen molar-refractivity contribution in [1.29, 1.82) is 0 Å². The smallest absolute Gasteiger partial charge is 0.293 e. The molecule has 4 rings (SSSR count). The van der Waals surface area contributed by atoms with Gasteiger partial charge in [0, 0.05) is 11.1 Å². The zero-order valence-corrected chi connectivity index (χ0v) is 18.6. The van der Waals surface area contributed by atoms with Gasteiger partial charge in [-0.3, -0.25) is 10.1 Å². The molecule has 0 saturated carbocycles. The molecule has 0 atom stereocenters. The maximum absolute atomic E-state index is 12.4. The fraction of sp³-hybridized carbons (Fsp3) is 0.333. The molecule has 162 valence electrons.